The number of hydrogen-bond acceptors (Lipinski definition) is 6. The Kier molecular flexibility index (Phi) is 6.24. The zero-order valence-corrected chi connectivity index (χ0v) is 18.4. The number of methoxy groups -OCH3 is 2. The van der Waals surface area contributed by atoms with Gasteiger partial charge in [-0.05, 0) is 43.2 Å². The van der Waals surface area contributed by atoms with Gasteiger partial charge in [0.2, 0.25) is 10.0 Å². The van der Waals surface area contributed by atoms with E-state index in [9.17, 15) is 8.42 Å². The highest BCUT2D eigenvalue weighted by molar-refractivity contribution is 7.89. The Morgan fingerprint density at radius 1 is 1.10 bits per heavy atom. The molecule has 2 heterocycles. The highest BCUT2D eigenvalue weighted by Crippen LogP contribution is 2.33. The van der Waals surface area contributed by atoms with Gasteiger partial charge in [-0.25, -0.2) is 13.1 Å². The predicted octanol–water partition coefficient (Wildman–Crippen LogP) is 3.56. The first-order chi connectivity index (χ1) is 15.0. The smallest absolute Gasteiger partial charge is 0.244 e. The minimum Gasteiger partial charge on any atom is -0.497 e. The first-order valence-corrected chi connectivity index (χ1v) is 11.7. The molecule has 1 N–H and O–H groups in total. The maximum atomic E-state index is 12.9. The van der Waals surface area contributed by atoms with Crippen LogP contribution in [-0.4, -0.2) is 37.4 Å². The molecular weight excluding hydrogens is 416 g/mol. The van der Waals surface area contributed by atoms with Crippen molar-refractivity contribution in [1.29, 1.82) is 0 Å². The standard InChI is InChI=1S/C22H26N4O4S/c1-29-18-10-11-22(21(14-18)30-2)31(27,28)24-15-16-13-20(19-9-5-6-12-23-19)26(25-16)17-7-3-4-8-17/h5-6,9-14,17,24H,3-4,7-8,15H2,1-2H3. The lowest BCUT2D eigenvalue weighted by atomic mass is 10.2. The van der Waals surface area contributed by atoms with Crippen LogP contribution in [0.5, 0.6) is 11.5 Å². The summed E-state index contributed by atoms with van der Waals surface area (Å²) in [4.78, 5) is 4.51. The van der Waals surface area contributed by atoms with Crippen LogP contribution >= 0.6 is 0 Å². The molecule has 1 saturated carbocycles. The second-order valence-corrected chi connectivity index (χ2v) is 9.20. The van der Waals surface area contributed by atoms with Gasteiger partial charge in [0.1, 0.15) is 16.4 Å². The third kappa shape index (κ3) is 4.57. The number of pyridine rings is 1. The van der Waals surface area contributed by atoms with Crippen LogP contribution in [0.4, 0.5) is 0 Å². The van der Waals surface area contributed by atoms with Crippen LogP contribution in [0.1, 0.15) is 37.4 Å². The van der Waals surface area contributed by atoms with Crippen LogP contribution in [-0.2, 0) is 16.6 Å². The van der Waals surface area contributed by atoms with Crippen LogP contribution in [0.25, 0.3) is 11.4 Å². The number of aromatic nitrogens is 3. The third-order valence-corrected chi connectivity index (χ3v) is 6.93. The molecule has 0 spiro atoms. The first-order valence-electron chi connectivity index (χ1n) is 10.2. The van der Waals surface area contributed by atoms with Crippen LogP contribution in [0, 0.1) is 0 Å². The molecule has 0 aliphatic heterocycles. The zero-order chi connectivity index (χ0) is 21.8. The summed E-state index contributed by atoms with van der Waals surface area (Å²) >= 11 is 0. The van der Waals surface area contributed by atoms with Gasteiger partial charge in [0.15, 0.2) is 0 Å². The quantitative estimate of drug-likeness (QED) is 0.573. The van der Waals surface area contributed by atoms with E-state index in [0.29, 0.717) is 17.5 Å². The number of nitrogens with zero attached hydrogens (tertiary/aromatic N) is 3. The van der Waals surface area contributed by atoms with E-state index in [1.165, 1.54) is 33.1 Å². The Labute approximate surface area is 182 Å². The van der Waals surface area contributed by atoms with E-state index in [1.807, 2.05) is 28.9 Å². The van der Waals surface area contributed by atoms with Crippen molar-refractivity contribution < 1.29 is 17.9 Å². The van der Waals surface area contributed by atoms with E-state index in [0.717, 1.165) is 24.2 Å². The predicted molar refractivity (Wildman–Crippen MR) is 117 cm³/mol. The minimum atomic E-state index is -3.81. The van der Waals surface area contributed by atoms with Crippen molar-refractivity contribution in [3.8, 4) is 22.9 Å². The van der Waals surface area contributed by atoms with Crippen molar-refractivity contribution in [3.05, 3.63) is 54.4 Å². The van der Waals surface area contributed by atoms with Gasteiger partial charge in [-0.3, -0.25) is 9.67 Å². The van der Waals surface area contributed by atoms with Crippen LogP contribution in [0.3, 0.4) is 0 Å². The maximum Gasteiger partial charge on any atom is 0.244 e. The average molecular weight is 443 g/mol. The van der Waals surface area contributed by atoms with E-state index >= 15 is 0 Å². The lowest BCUT2D eigenvalue weighted by Crippen LogP contribution is -2.24. The van der Waals surface area contributed by atoms with Crippen molar-refractivity contribution in [2.24, 2.45) is 0 Å². The summed E-state index contributed by atoms with van der Waals surface area (Å²) in [5.41, 5.74) is 2.38. The molecule has 0 bridgehead atoms. The van der Waals surface area contributed by atoms with Crippen molar-refractivity contribution in [2.45, 2.75) is 43.2 Å². The molecule has 0 unspecified atom stereocenters. The van der Waals surface area contributed by atoms with Crippen molar-refractivity contribution in [2.75, 3.05) is 14.2 Å². The summed E-state index contributed by atoms with van der Waals surface area (Å²) in [5.74, 6) is 0.739. The summed E-state index contributed by atoms with van der Waals surface area (Å²) in [7, 11) is -0.867. The van der Waals surface area contributed by atoms with E-state index in [4.69, 9.17) is 14.6 Å². The van der Waals surface area contributed by atoms with E-state index in [2.05, 4.69) is 9.71 Å². The molecule has 3 aromatic rings. The lowest BCUT2D eigenvalue weighted by molar-refractivity contribution is 0.386. The van der Waals surface area contributed by atoms with E-state index < -0.39 is 10.0 Å². The van der Waals surface area contributed by atoms with Gasteiger partial charge < -0.3 is 9.47 Å². The van der Waals surface area contributed by atoms with Gasteiger partial charge >= 0.3 is 0 Å². The summed E-state index contributed by atoms with van der Waals surface area (Å²) in [6.45, 7) is 0.0665. The summed E-state index contributed by atoms with van der Waals surface area (Å²) in [6.07, 6.45) is 6.22. The normalized spacial score (nSPS) is 14.6. The Morgan fingerprint density at radius 3 is 2.58 bits per heavy atom. The Balaban J connectivity index is 1.60. The summed E-state index contributed by atoms with van der Waals surface area (Å²) in [6, 6.07) is 12.6. The Morgan fingerprint density at radius 2 is 1.90 bits per heavy atom. The van der Waals surface area contributed by atoms with Gasteiger partial charge in [-0.15, -0.1) is 0 Å². The minimum absolute atomic E-state index is 0.0518. The Bertz CT molecular complexity index is 1140. The van der Waals surface area contributed by atoms with Crippen LogP contribution in [0.15, 0.2) is 53.6 Å². The third-order valence-electron chi connectivity index (χ3n) is 5.49. The fourth-order valence-electron chi connectivity index (χ4n) is 3.91. The number of hydrogen-bond donors (Lipinski definition) is 1. The number of nitrogens with one attached hydrogen (secondary N) is 1. The lowest BCUT2D eigenvalue weighted by Gasteiger charge is -2.13. The SMILES string of the molecule is COc1ccc(S(=O)(=O)NCc2cc(-c3ccccn3)n(C3CCCC3)n2)c(OC)c1. The molecular formula is C22H26N4O4S. The molecule has 0 radical (unpaired) electrons. The zero-order valence-electron chi connectivity index (χ0n) is 17.6. The topological polar surface area (TPSA) is 95.3 Å². The maximum absolute atomic E-state index is 12.9. The first kappa shape index (κ1) is 21.3. The molecule has 0 atom stereocenters. The van der Waals surface area contributed by atoms with Gasteiger partial charge in [0, 0.05) is 12.3 Å². The summed E-state index contributed by atoms with van der Waals surface area (Å²) in [5, 5.41) is 4.73. The van der Waals surface area contributed by atoms with Crippen LogP contribution in [0.2, 0.25) is 0 Å². The molecule has 1 aliphatic carbocycles. The molecule has 0 amide bonds. The number of rotatable bonds is 8. The monoisotopic (exact) mass is 442 g/mol. The second kappa shape index (κ2) is 9.07. The van der Waals surface area contributed by atoms with Gasteiger partial charge in [-0.1, -0.05) is 18.9 Å². The highest BCUT2D eigenvalue weighted by Gasteiger charge is 2.24. The van der Waals surface area contributed by atoms with Gasteiger partial charge in [0.25, 0.3) is 0 Å². The molecule has 31 heavy (non-hydrogen) atoms. The molecule has 8 nitrogen and oxygen atoms in total. The molecule has 4 rings (SSSR count). The molecule has 1 aromatic carbocycles. The average Bonchev–Trinajstić information content (AvgIpc) is 3.48. The fraction of sp³-hybridized carbons (Fsp3) is 0.364. The molecule has 1 fully saturated rings. The highest BCUT2D eigenvalue weighted by atomic mass is 32.2. The molecule has 164 valence electrons. The van der Waals surface area contributed by atoms with Crippen molar-refractivity contribution in [3.63, 3.8) is 0 Å². The summed E-state index contributed by atoms with van der Waals surface area (Å²) < 4.78 is 40.9. The molecule has 0 saturated heterocycles. The number of ether oxygens (including phenoxy) is 2. The number of benzene rings is 1. The largest absolute Gasteiger partial charge is 0.497 e. The van der Waals surface area contributed by atoms with Crippen LogP contribution < -0.4 is 14.2 Å². The molecule has 2 aromatic heterocycles. The second-order valence-electron chi connectivity index (χ2n) is 7.46. The van der Waals surface area contributed by atoms with E-state index in [-0.39, 0.29) is 17.2 Å². The Hall–Kier alpha value is -2.91. The molecule has 1 aliphatic rings. The van der Waals surface area contributed by atoms with Crippen molar-refractivity contribution in [1.82, 2.24) is 19.5 Å². The van der Waals surface area contributed by atoms with Gasteiger partial charge in [0.05, 0.1) is 43.9 Å². The number of sulfonamides is 1. The van der Waals surface area contributed by atoms with E-state index in [1.54, 1.807) is 18.3 Å². The van der Waals surface area contributed by atoms with Crippen molar-refractivity contribution >= 4 is 10.0 Å². The fourth-order valence-corrected chi connectivity index (χ4v) is 5.06. The molecule has 9 heteroatoms. The van der Waals surface area contributed by atoms with Gasteiger partial charge in [-0.2, -0.15) is 5.10 Å².